The van der Waals surface area contributed by atoms with E-state index in [1.807, 2.05) is 13.0 Å². The van der Waals surface area contributed by atoms with Crippen LogP contribution >= 0.6 is 0 Å². The summed E-state index contributed by atoms with van der Waals surface area (Å²) in [5.41, 5.74) is 10.7. The molecular weight excluding hydrogens is 234 g/mol. The molecule has 19 heavy (non-hydrogen) atoms. The number of nitrogens with two attached hydrogens (primary N) is 1. The molecule has 2 N–H and O–H groups in total. The quantitative estimate of drug-likeness (QED) is 0.899. The fraction of sp³-hybridized carbons (Fsp3) is 0.294. The first-order valence-corrected chi connectivity index (χ1v) is 6.61. The van der Waals surface area contributed by atoms with Crippen molar-refractivity contribution in [2.45, 2.75) is 33.4 Å². The van der Waals surface area contributed by atoms with Gasteiger partial charge >= 0.3 is 0 Å². The third-order valence-electron chi connectivity index (χ3n) is 3.17. The molecule has 0 fully saturated rings. The van der Waals surface area contributed by atoms with Crippen molar-refractivity contribution in [3.05, 3.63) is 64.7 Å². The Balaban J connectivity index is 2.13. The third kappa shape index (κ3) is 3.58. The zero-order valence-corrected chi connectivity index (χ0v) is 11.8. The molecule has 0 heterocycles. The number of hydrogen-bond donors (Lipinski definition) is 1. The van der Waals surface area contributed by atoms with E-state index in [-0.39, 0.29) is 6.04 Å². The van der Waals surface area contributed by atoms with Gasteiger partial charge in [-0.05, 0) is 32.4 Å². The number of benzene rings is 2. The Kier molecular flexibility index (Phi) is 4.23. The summed E-state index contributed by atoms with van der Waals surface area (Å²) in [6, 6.07) is 14.5. The standard InChI is InChI=1S/C17H21NO/c1-12-4-7-15(8-5-12)11-19-17-9-6-13(2)10-16(17)14(3)18/h4-10,14H,11,18H2,1-3H3/t14-/m0/s1. The molecule has 2 rings (SSSR count). The maximum absolute atomic E-state index is 5.99. The van der Waals surface area contributed by atoms with Crippen molar-refractivity contribution in [1.82, 2.24) is 0 Å². The van der Waals surface area contributed by atoms with Crippen LogP contribution in [0.4, 0.5) is 0 Å². The smallest absolute Gasteiger partial charge is 0.124 e. The fourth-order valence-electron chi connectivity index (χ4n) is 2.00. The molecule has 0 amide bonds. The van der Waals surface area contributed by atoms with Crippen LogP contribution in [-0.2, 0) is 6.61 Å². The average Bonchev–Trinajstić information content (AvgIpc) is 2.39. The Labute approximate surface area is 115 Å². The average molecular weight is 255 g/mol. The topological polar surface area (TPSA) is 35.2 Å². The monoisotopic (exact) mass is 255 g/mol. The van der Waals surface area contributed by atoms with Crippen LogP contribution in [0.3, 0.4) is 0 Å². The summed E-state index contributed by atoms with van der Waals surface area (Å²) in [5.74, 6) is 0.876. The van der Waals surface area contributed by atoms with E-state index in [2.05, 4.69) is 50.2 Å². The normalized spacial score (nSPS) is 12.2. The third-order valence-corrected chi connectivity index (χ3v) is 3.17. The molecule has 2 aromatic carbocycles. The first kappa shape index (κ1) is 13.6. The van der Waals surface area contributed by atoms with Crippen molar-refractivity contribution >= 4 is 0 Å². The minimum absolute atomic E-state index is 0.0204. The van der Waals surface area contributed by atoms with Crippen molar-refractivity contribution in [3.63, 3.8) is 0 Å². The second kappa shape index (κ2) is 5.89. The van der Waals surface area contributed by atoms with Crippen molar-refractivity contribution in [1.29, 1.82) is 0 Å². The van der Waals surface area contributed by atoms with Crippen LogP contribution in [0, 0.1) is 13.8 Å². The zero-order chi connectivity index (χ0) is 13.8. The Morgan fingerprint density at radius 3 is 2.26 bits per heavy atom. The number of rotatable bonds is 4. The van der Waals surface area contributed by atoms with Crippen molar-refractivity contribution in [2.75, 3.05) is 0 Å². The van der Waals surface area contributed by atoms with E-state index >= 15 is 0 Å². The highest BCUT2D eigenvalue weighted by molar-refractivity contribution is 5.39. The first-order valence-electron chi connectivity index (χ1n) is 6.61. The molecule has 0 saturated heterocycles. The molecular formula is C17H21NO. The lowest BCUT2D eigenvalue weighted by Crippen LogP contribution is -2.08. The molecule has 0 bridgehead atoms. The molecule has 2 heteroatoms. The highest BCUT2D eigenvalue weighted by Gasteiger charge is 2.08. The van der Waals surface area contributed by atoms with Gasteiger partial charge in [-0.3, -0.25) is 0 Å². The molecule has 0 aliphatic heterocycles. The molecule has 0 aromatic heterocycles. The molecule has 100 valence electrons. The molecule has 0 radical (unpaired) electrons. The molecule has 1 atom stereocenters. The van der Waals surface area contributed by atoms with Crippen molar-refractivity contribution < 1.29 is 4.74 Å². The van der Waals surface area contributed by atoms with Crippen LogP contribution in [-0.4, -0.2) is 0 Å². The summed E-state index contributed by atoms with van der Waals surface area (Å²) < 4.78 is 5.90. The van der Waals surface area contributed by atoms with E-state index in [4.69, 9.17) is 10.5 Å². The summed E-state index contributed by atoms with van der Waals surface area (Å²) in [6.45, 7) is 6.70. The van der Waals surface area contributed by atoms with Gasteiger partial charge in [0.05, 0.1) is 0 Å². The lowest BCUT2D eigenvalue weighted by atomic mass is 10.1. The fourth-order valence-corrected chi connectivity index (χ4v) is 2.00. The van der Waals surface area contributed by atoms with Gasteiger partial charge in [-0.15, -0.1) is 0 Å². The second-order valence-corrected chi connectivity index (χ2v) is 5.10. The Morgan fingerprint density at radius 2 is 1.63 bits per heavy atom. The first-order chi connectivity index (χ1) is 9.06. The molecule has 2 aromatic rings. The van der Waals surface area contributed by atoms with Gasteiger partial charge in [0, 0.05) is 11.6 Å². The maximum atomic E-state index is 5.99. The van der Waals surface area contributed by atoms with Gasteiger partial charge in [0.2, 0.25) is 0 Å². The molecule has 0 spiro atoms. The van der Waals surface area contributed by atoms with Gasteiger partial charge < -0.3 is 10.5 Å². The summed E-state index contributed by atoms with van der Waals surface area (Å²) >= 11 is 0. The number of ether oxygens (including phenoxy) is 1. The Morgan fingerprint density at radius 1 is 1.00 bits per heavy atom. The van der Waals surface area contributed by atoms with Crippen molar-refractivity contribution in [3.8, 4) is 5.75 Å². The highest BCUT2D eigenvalue weighted by atomic mass is 16.5. The van der Waals surface area contributed by atoms with Crippen LogP contribution < -0.4 is 10.5 Å². The number of hydrogen-bond acceptors (Lipinski definition) is 2. The lowest BCUT2D eigenvalue weighted by Gasteiger charge is -2.15. The molecule has 0 unspecified atom stereocenters. The van der Waals surface area contributed by atoms with Gasteiger partial charge in [-0.25, -0.2) is 0 Å². The van der Waals surface area contributed by atoms with Crippen molar-refractivity contribution in [2.24, 2.45) is 5.73 Å². The van der Waals surface area contributed by atoms with E-state index in [9.17, 15) is 0 Å². The van der Waals surface area contributed by atoms with Gasteiger partial charge in [-0.1, -0.05) is 47.5 Å². The predicted octanol–water partition coefficient (Wildman–Crippen LogP) is 3.90. The predicted molar refractivity (Wildman–Crippen MR) is 79.3 cm³/mol. The minimum Gasteiger partial charge on any atom is -0.489 e. The van der Waals surface area contributed by atoms with E-state index in [1.54, 1.807) is 0 Å². The van der Waals surface area contributed by atoms with E-state index in [0.29, 0.717) is 6.61 Å². The summed E-state index contributed by atoms with van der Waals surface area (Å²) in [6.07, 6.45) is 0. The minimum atomic E-state index is -0.0204. The molecule has 0 aliphatic rings. The number of aryl methyl sites for hydroxylation is 2. The zero-order valence-electron chi connectivity index (χ0n) is 11.8. The highest BCUT2D eigenvalue weighted by Crippen LogP contribution is 2.25. The van der Waals surface area contributed by atoms with Crippen LogP contribution in [0.1, 0.15) is 35.2 Å². The summed E-state index contributed by atoms with van der Waals surface area (Å²) in [4.78, 5) is 0. The van der Waals surface area contributed by atoms with Gasteiger partial charge in [-0.2, -0.15) is 0 Å². The molecule has 0 saturated carbocycles. The van der Waals surface area contributed by atoms with Crippen LogP contribution in [0.25, 0.3) is 0 Å². The second-order valence-electron chi connectivity index (χ2n) is 5.10. The van der Waals surface area contributed by atoms with E-state index in [0.717, 1.165) is 11.3 Å². The SMILES string of the molecule is Cc1ccc(COc2ccc(C)cc2[C@H](C)N)cc1. The molecule has 0 aliphatic carbocycles. The van der Waals surface area contributed by atoms with Gasteiger partial charge in [0.25, 0.3) is 0 Å². The Hall–Kier alpha value is -1.80. The maximum Gasteiger partial charge on any atom is 0.124 e. The lowest BCUT2D eigenvalue weighted by molar-refractivity contribution is 0.301. The Bertz CT molecular complexity index is 544. The van der Waals surface area contributed by atoms with Crippen LogP contribution in [0.5, 0.6) is 5.75 Å². The largest absolute Gasteiger partial charge is 0.489 e. The summed E-state index contributed by atoms with van der Waals surface area (Å²) in [5, 5.41) is 0. The van der Waals surface area contributed by atoms with Crippen LogP contribution in [0.2, 0.25) is 0 Å². The van der Waals surface area contributed by atoms with E-state index < -0.39 is 0 Å². The summed E-state index contributed by atoms with van der Waals surface area (Å²) in [7, 11) is 0. The van der Waals surface area contributed by atoms with Crippen LogP contribution in [0.15, 0.2) is 42.5 Å². The van der Waals surface area contributed by atoms with Gasteiger partial charge in [0.15, 0.2) is 0 Å². The van der Waals surface area contributed by atoms with Gasteiger partial charge in [0.1, 0.15) is 12.4 Å². The molecule has 2 nitrogen and oxygen atoms in total. The van der Waals surface area contributed by atoms with E-state index in [1.165, 1.54) is 16.7 Å².